The molecule has 0 aliphatic rings. The van der Waals surface area contributed by atoms with Crippen LogP contribution in [-0.4, -0.2) is 17.0 Å². The van der Waals surface area contributed by atoms with E-state index in [0.29, 0.717) is 0 Å². The van der Waals surface area contributed by atoms with Crippen molar-refractivity contribution in [2.24, 2.45) is 0 Å². The van der Waals surface area contributed by atoms with Crippen molar-refractivity contribution in [2.45, 2.75) is 13.5 Å². The van der Waals surface area contributed by atoms with Crippen molar-refractivity contribution in [2.75, 3.05) is 0 Å². The topological polar surface area (TPSA) is 66.4 Å². The van der Waals surface area contributed by atoms with E-state index in [9.17, 15) is 9.59 Å². The Bertz CT molecular complexity index is 360. The van der Waals surface area contributed by atoms with Crippen LogP contribution in [0.5, 0.6) is 0 Å². The Balaban J connectivity index is 2.58. The Morgan fingerprint density at radius 2 is 2.00 bits per heavy atom. The lowest BCUT2D eigenvalue weighted by Gasteiger charge is -2.05. The highest BCUT2D eigenvalue weighted by Crippen LogP contribution is 2.05. The fourth-order valence-electron chi connectivity index (χ4n) is 1.06. The van der Waals surface area contributed by atoms with Crippen LogP contribution in [0, 0.1) is 6.92 Å². The van der Waals surface area contributed by atoms with Gasteiger partial charge in [0.1, 0.15) is 0 Å². The molecule has 0 radical (unpaired) electrons. The molecule has 0 saturated carbocycles. The van der Waals surface area contributed by atoms with Crippen LogP contribution in [0.2, 0.25) is 0 Å². The first-order valence-corrected chi connectivity index (χ1v) is 4.17. The molecule has 0 fully saturated rings. The van der Waals surface area contributed by atoms with Gasteiger partial charge in [-0.05, 0) is 18.1 Å². The summed E-state index contributed by atoms with van der Waals surface area (Å²) < 4.78 is 0. The van der Waals surface area contributed by atoms with E-state index in [2.05, 4.69) is 5.32 Å². The first kappa shape index (κ1) is 10.2. The summed E-state index contributed by atoms with van der Waals surface area (Å²) in [5.41, 5.74) is 1.94. The van der Waals surface area contributed by atoms with Gasteiger partial charge in [0.05, 0.1) is 0 Å². The lowest BCUT2D eigenvalue weighted by atomic mass is 10.1. The molecule has 0 aromatic heterocycles. The third kappa shape index (κ3) is 2.58. The number of carbonyl (C=O) groups is 2. The van der Waals surface area contributed by atoms with Gasteiger partial charge in [0.2, 0.25) is 0 Å². The lowest BCUT2D eigenvalue weighted by molar-refractivity contribution is -0.150. The average molecular weight is 193 g/mol. The smallest absolute Gasteiger partial charge is 0.394 e. The number of aryl methyl sites for hydroxylation is 1. The van der Waals surface area contributed by atoms with E-state index in [4.69, 9.17) is 5.11 Å². The van der Waals surface area contributed by atoms with Crippen LogP contribution in [0.3, 0.4) is 0 Å². The summed E-state index contributed by atoms with van der Waals surface area (Å²) >= 11 is 0. The van der Waals surface area contributed by atoms with Crippen LogP contribution < -0.4 is 5.32 Å². The van der Waals surface area contributed by atoms with Gasteiger partial charge in [-0.3, -0.25) is 4.79 Å². The first-order valence-electron chi connectivity index (χ1n) is 4.17. The number of hydrogen-bond acceptors (Lipinski definition) is 2. The molecular weight excluding hydrogens is 182 g/mol. The van der Waals surface area contributed by atoms with Crippen LogP contribution >= 0.6 is 0 Å². The molecule has 0 heterocycles. The minimum absolute atomic E-state index is 0.248. The maximum absolute atomic E-state index is 10.7. The fraction of sp³-hybridized carbons (Fsp3) is 0.200. The molecule has 4 heteroatoms. The second-order valence-corrected chi connectivity index (χ2v) is 2.91. The van der Waals surface area contributed by atoms with Gasteiger partial charge in [-0.25, -0.2) is 4.79 Å². The Labute approximate surface area is 81.6 Å². The molecule has 1 rings (SSSR count). The highest BCUT2D eigenvalue weighted by molar-refractivity contribution is 6.31. The maximum atomic E-state index is 10.7. The van der Waals surface area contributed by atoms with Crippen LogP contribution in [-0.2, 0) is 16.1 Å². The average Bonchev–Trinajstić information content (AvgIpc) is 2.16. The van der Waals surface area contributed by atoms with Crippen molar-refractivity contribution in [3.05, 3.63) is 35.4 Å². The number of carbonyl (C=O) groups excluding carboxylic acids is 1. The van der Waals surface area contributed by atoms with Gasteiger partial charge in [-0.15, -0.1) is 0 Å². The van der Waals surface area contributed by atoms with Gasteiger partial charge >= 0.3 is 11.9 Å². The van der Waals surface area contributed by atoms with Crippen molar-refractivity contribution < 1.29 is 14.7 Å². The third-order valence-corrected chi connectivity index (χ3v) is 1.89. The van der Waals surface area contributed by atoms with E-state index in [0.717, 1.165) is 11.1 Å². The van der Waals surface area contributed by atoms with E-state index in [1.807, 2.05) is 31.2 Å². The highest BCUT2D eigenvalue weighted by Gasteiger charge is 2.09. The molecule has 1 amide bonds. The van der Waals surface area contributed by atoms with Gasteiger partial charge in [0.25, 0.3) is 0 Å². The van der Waals surface area contributed by atoms with E-state index >= 15 is 0 Å². The summed E-state index contributed by atoms with van der Waals surface area (Å²) in [6.45, 7) is 2.15. The lowest BCUT2D eigenvalue weighted by Crippen LogP contribution is -2.30. The summed E-state index contributed by atoms with van der Waals surface area (Å²) in [6, 6.07) is 7.48. The van der Waals surface area contributed by atoms with Gasteiger partial charge < -0.3 is 10.4 Å². The van der Waals surface area contributed by atoms with Crippen molar-refractivity contribution in [1.29, 1.82) is 0 Å². The van der Waals surface area contributed by atoms with Crippen molar-refractivity contribution >= 4 is 11.9 Å². The predicted octanol–water partition coefficient (Wildman–Crippen LogP) is 0.696. The van der Waals surface area contributed by atoms with Crippen LogP contribution in [0.15, 0.2) is 24.3 Å². The molecule has 4 nitrogen and oxygen atoms in total. The molecule has 0 aliphatic heterocycles. The molecule has 0 aliphatic carbocycles. The summed E-state index contributed by atoms with van der Waals surface area (Å²) in [7, 11) is 0. The van der Waals surface area contributed by atoms with Crippen LogP contribution in [0.4, 0.5) is 0 Å². The molecule has 1 aromatic rings. The second kappa shape index (κ2) is 4.41. The molecule has 0 unspecified atom stereocenters. The zero-order chi connectivity index (χ0) is 10.6. The van der Waals surface area contributed by atoms with Crippen LogP contribution in [0.25, 0.3) is 0 Å². The van der Waals surface area contributed by atoms with Gasteiger partial charge in [0, 0.05) is 6.54 Å². The molecule has 0 saturated heterocycles. The summed E-state index contributed by atoms with van der Waals surface area (Å²) in [5, 5.41) is 10.6. The summed E-state index contributed by atoms with van der Waals surface area (Å²) in [4.78, 5) is 20.9. The van der Waals surface area contributed by atoms with Gasteiger partial charge in [-0.1, -0.05) is 24.3 Å². The zero-order valence-electron chi connectivity index (χ0n) is 7.78. The number of amides is 1. The molecule has 14 heavy (non-hydrogen) atoms. The first-order chi connectivity index (χ1) is 6.61. The number of carboxylic acids is 1. The minimum atomic E-state index is -1.46. The number of benzene rings is 1. The number of carboxylic acid groups (broad SMARTS) is 1. The Kier molecular flexibility index (Phi) is 3.23. The Hall–Kier alpha value is -1.84. The van der Waals surface area contributed by atoms with E-state index in [1.165, 1.54) is 0 Å². The van der Waals surface area contributed by atoms with E-state index in [1.54, 1.807) is 0 Å². The predicted molar refractivity (Wildman–Crippen MR) is 50.7 cm³/mol. The zero-order valence-corrected chi connectivity index (χ0v) is 7.78. The number of nitrogens with one attached hydrogen (secondary N) is 1. The van der Waals surface area contributed by atoms with E-state index in [-0.39, 0.29) is 6.54 Å². The molecule has 74 valence electrons. The molecule has 2 N–H and O–H groups in total. The van der Waals surface area contributed by atoms with Crippen LogP contribution in [0.1, 0.15) is 11.1 Å². The summed E-state index contributed by atoms with van der Waals surface area (Å²) in [6.07, 6.45) is 0. The summed E-state index contributed by atoms with van der Waals surface area (Å²) in [5.74, 6) is -2.44. The molecular formula is C10H11NO3. The van der Waals surface area contributed by atoms with Crippen molar-refractivity contribution in [1.82, 2.24) is 5.32 Å². The second-order valence-electron chi connectivity index (χ2n) is 2.91. The Morgan fingerprint density at radius 1 is 1.36 bits per heavy atom. The maximum Gasteiger partial charge on any atom is 0.394 e. The largest absolute Gasteiger partial charge is 0.474 e. The van der Waals surface area contributed by atoms with Gasteiger partial charge in [0.15, 0.2) is 0 Å². The minimum Gasteiger partial charge on any atom is -0.474 e. The third-order valence-electron chi connectivity index (χ3n) is 1.89. The highest BCUT2D eigenvalue weighted by atomic mass is 16.4. The monoisotopic (exact) mass is 193 g/mol. The van der Waals surface area contributed by atoms with Gasteiger partial charge in [-0.2, -0.15) is 0 Å². The molecule has 0 atom stereocenters. The normalized spacial score (nSPS) is 9.50. The molecule has 0 spiro atoms. The SMILES string of the molecule is Cc1ccccc1CNC(=O)C(=O)O. The number of rotatable bonds is 2. The van der Waals surface area contributed by atoms with E-state index < -0.39 is 11.9 Å². The molecule has 1 aromatic carbocycles. The number of aliphatic carboxylic acids is 1. The standard InChI is InChI=1S/C10H11NO3/c1-7-4-2-3-5-8(7)6-11-9(12)10(13)14/h2-5H,6H2,1H3,(H,11,12)(H,13,14). The number of hydrogen-bond donors (Lipinski definition) is 2. The fourth-order valence-corrected chi connectivity index (χ4v) is 1.06. The van der Waals surface area contributed by atoms with Crippen molar-refractivity contribution in [3.8, 4) is 0 Å². The molecule has 0 bridgehead atoms. The van der Waals surface area contributed by atoms with Crippen molar-refractivity contribution in [3.63, 3.8) is 0 Å². The quantitative estimate of drug-likeness (QED) is 0.679. The Morgan fingerprint density at radius 3 is 2.57 bits per heavy atom.